The van der Waals surface area contributed by atoms with Crippen LogP contribution < -0.4 is 0 Å². The summed E-state index contributed by atoms with van der Waals surface area (Å²) in [6.07, 6.45) is 96.5. The number of unbranched alkanes of at least 4 members (excludes halogenated alkanes) is 16. The molecule has 79 heavy (non-hydrogen) atoms. The van der Waals surface area contributed by atoms with Crippen molar-refractivity contribution in [2.24, 2.45) is 0 Å². The molecule has 0 heterocycles. The summed E-state index contributed by atoms with van der Waals surface area (Å²) in [6.45, 7) is 6.33. The summed E-state index contributed by atoms with van der Waals surface area (Å²) < 4.78 is 16.8. The van der Waals surface area contributed by atoms with Gasteiger partial charge in [-0.2, -0.15) is 0 Å². The fraction of sp³-hybridized carbons (Fsp3) is 0.575. The molecule has 0 aromatic rings. The van der Waals surface area contributed by atoms with E-state index in [2.05, 4.69) is 191 Å². The van der Waals surface area contributed by atoms with Crippen LogP contribution in [-0.4, -0.2) is 37.2 Å². The number of hydrogen-bond donors (Lipinski definition) is 0. The molecule has 0 saturated carbocycles. The first kappa shape index (κ1) is 73.8. The quantitative estimate of drug-likeness (QED) is 0.0261. The molecule has 0 amide bonds. The molecule has 0 aliphatic rings. The van der Waals surface area contributed by atoms with Gasteiger partial charge >= 0.3 is 17.9 Å². The lowest BCUT2D eigenvalue weighted by atomic mass is 10.1. The predicted molar refractivity (Wildman–Crippen MR) is 343 cm³/mol. The highest BCUT2D eigenvalue weighted by molar-refractivity contribution is 5.71. The van der Waals surface area contributed by atoms with Crippen molar-refractivity contribution >= 4 is 17.9 Å². The number of hydrogen-bond acceptors (Lipinski definition) is 6. The van der Waals surface area contributed by atoms with Crippen LogP contribution in [0, 0.1) is 0 Å². The minimum absolute atomic E-state index is 0.106. The Bertz CT molecular complexity index is 1820. The standard InChI is InChI=1S/C73H114O6/c1-4-7-10-13-16-19-22-25-26-27-28-29-30-31-32-33-34-35-36-37-38-39-40-41-42-43-44-45-46-49-51-54-57-60-63-66-72(75)78-69-70(79-73(76)67-64-61-58-55-52-48-24-21-18-15-12-9-6-3)68-77-71(74)65-62-59-56-53-50-47-23-20-17-14-11-8-5-2/h7,10-12,14-16,19-21,23-26,28-29,31-32,34-35,37-38,40-41,43-44,46,49,70H,4-6,8-9,13,17-18,22,27,30,33,36,39,42,45,47-48,50-69H2,1-3H3/b10-7-,14-11-,15-12-,19-16-,23-20-,24-21-,26-25-,29-28-,32-31-,35-34-,38-37-,41-40-,44-43-,49-46-. The van der Waals surface area contributed by atoms with Gasteiger partial charge in [-0.1, -0.05) is 255 Å². The smallest absolute Gasteiger partial charge is 0.306 e. The van der Waals surface area contributed by atoms with Gasteiger partial charge in [-0.25, -0.2) is 0 Å². The van der Waals surface area contributed by atoms with Crippen LogP contribution in [0.2, 0.25) is 0 Å². The molecule has 0 fully saturated rings. The van der Waals surface area contributed by atoms with E-state index in [-0.39, 0.29) is 31.1 Å². The van der Waals surface area contributed by atoms with Crippen LogP contribution in [0.5, 0.6) is 0 Å². The van der Waals surface area contributed by atoms with Gasteiger partial charge in [0.1, 0.15) is 13.2 Å². The normalized spacial score (nSPS) is 13.3. The second kappa shape index (κ2) is 65.3. The molecule has 0 radical (unpaired) electrons. The number of rotatable bonds is 55. The molecule has 0 N–H and O–H groups in total. The van der Waals surface area contributed by atoms with E-state index < -0.39 is 6.10 Å². The third-order valence-corrected chi connectivity index (χ3v) is 12.6. The number of esters is 3. The van der Waals surface area contributed by atoms with Crippen LogP contribution in [0.15, 0.2) is 170 Å². The highest BCUT2D eigenvalue weighted by atomic mass is 16.6. The van der Waals surface area contributed by atoms with Crippen molar-refractivity contribution in [2.45, 2.75) is 258 Å². The molecule has 0 rings (SSSR count). The maximum Gasteiger partial charge on any atom is 0.306 e. The molecule has 442 valence electrons. The van der Waals surface area contributed by atoms with Gasteiger partial charge in [0.15, 0.2) is 6.10 Å². The van der Waals surface area contributed by atoms with Crippen molar-refractivity contribution in [3.63, 3.8) is 0 Å². The fourth-order valence-corrected chi connectivity index (χ4v) is 7.96. The molecule has 0 aliphatic heterocycles. The molecule has 6 nitrogen and oxygen atoms in total. The van der Waals surface area contributed by atoms with Crippen LogP contribution in [0.25, 0.3) is 0 Å². The van der Waals surface area contributed by atoms with Gasteiger partial charge in [0.05, 0.1) is 0 Å². The zero-order valence-corrected chi connectivity index (χ0v) is 50.6. The second-order valence-corrected chi connectivity index (χ2v) is 20.2. The summed E-state index contributed by atoms with van der Waals surface area (Å²) in [5.74, 6) is -0.967. The largest absolute Gasteiger partial charge is 0.462 e. The summed E-state index contributed by atoms with van der Waals surface area (Å²) in [4.78, 5) is 38.2. The van der Waals surface area contributed by atoms with Gasteiger partial charge in [0, 0.05) is 19.3 Å². The topological polar surface area (TPSA) is 78.9 Å². The Morgan fingerprint density at radius 3 is 0.772 bits per heavy atom. The van der Waals surface area contributed by atoms with E-state index in [1.807, 2.05) is 0 Å². The summed E-state index contributed by atoms with van der Waals surface area (Å²) in [7, 11) is 0. The minimum atomic E-state index is -0.810. The fourth-order valence-electron chi connectivity index (χ4n) is 7.96. The van der Waals surface area contributed by atoms with Crippen LogP contribution in [-0.2, 0) is 28.6 Å². The van der Waals surface area contributed by atoms with Crippen LogP contribution in [0.1, 0.15) is 252 Å². The van der Waals surface area contributed by atoms with E-state index >= 15 is 0 Å². The average Bonchev–Trinajstić information content (AvgIpc) is 3.45. The van der Waals surface area contributed by atoms with E-state index in [9.17, 15) is 14.4 Å². The van der Waals surface area contributed by atoms with E-state index in [4.69, 9.17) is 14.2 Å². The summed E-state index contributed by atoms with van der Waals surface area (Å²) in [6, 6.07) is 0. The molecule has 1 atom stereocenters. The van der Waals surface area contributed by atoms with Crippen LogP contribution >= 0.6 is 0 Å². The third kappa shape index (κ3) is 63.5. The number of ether oxygens (including phenoxy) is 3. The number of carbonyl (C=O) groups is 3. The first-order valence-corrected chi connectivity index (χ1v) is 31.6. The summed E-state index contributed by atoms with van der Waals surface area (Å²) >= 11 is 0. The summed E-state index contributed by atoms with van der Waals surface area (Å²) in [5.41, 5.74) is 0. The number of allylic oxidation sites excluding steroid dienone is 28. The molecule has 0 spiro atoms. The Kier molecular flexibility index (Phi) is 61.0. The van der Waals surface area contributed by atoms with Crippen molar-refractivity contribution < 1.29 is 28.6 Å². The monoisotopic (exact) mass is 1090 g/mol. The Morgan fingerprint density at radius 1 is 0.266 bits per heavy atom. The Morgan fingerprint density at radius 2 is 0.494 bits per heavy atom. The van der Waals surface area contributed by atoms with Crippen molar-refractivity contribution in [3.8, 4) is 0 Å². The molecular formula is C73H114O6. The zero-order valence-electron chi connectivity index (χ0n) is 50.6. The van der Waals surface area contributed by atoms with Crippen molar-refractivity contribution in [1.82, 2.24) is 0 Å². The molecule has 0 aromatic heterocycles. The van der Waals surface area contributed by atoms with E-state index in [0.717, 1.165) is 199 Å². The Balaban J connectivity index is 4.32. The van der Waals surface area contributed by atoms with Crippen molar-refractivity contribution in [2.75, 3.05) is 13.2 Å². The van der Waals surface area contributed by atoms with Crippen molar-refractivity contribution in [1.29, 1.82) is 0 Å². The Hall–Kier alpha value is -5.23. The highest BCUT2D eigenvalue weighted by Gasteiger charge is 2.19. The maximum absolute atomic E-state index is 12.8. The maximum atomic E-state index is 12.8. The minimum Gasteiger partial charge on any atom is -0.462 e. The Labute approximate surface area is 485 Å². The van der Waals surface area contributed by atoms with Gasteiger partial charge in [0.25, 0.3) is 0 Å². The molecule has 0 bridgehead atoms. The highest BCUT2D eigenvalue weighted by Crippen LogP contribution is 2.13. The predicted octanol–water partition coefficient (Wildman–Crippen LogP) is 21.9. The van der Waals surface area contributed by atoms with E-state index in [1.165, 1.54) is 12.8 Å². The second-order valence-electron chi connectivity index (χ2n) is 20.2. The van der Waals surface area contributed by atoms with Crippen molar-refractivity contribution in [3.05, 3.63) is 170 Å². The van der Waals surface area contributed by atoms with Gasteiger partial charge in [-0.3, -0.25) is 14.4 Å². The molecule has 1 unspecified atom stereocenters. The average molecular weight is 1090 g/mol. The molecule has 6 heteroatoms. The third-order valence-electron chi connectivity index (χ3n) is 12.6. The van der Waals surface area contributed by atoms with E-state index in [1.54, 1.807) is 0 Å². The molecule has 0 aromatic carbocycles. The number of carbonyl (C=O) groups excluding carboxylic acids is 3. The lowest BCUT2D eigenvalue weighted by molar-refractivity contribution is -0.167. The summed E-state index contributed by atoms with van der Waals surface area (Å²) in [5, 5.41) is 0. The van der Waals surface area contributed by atoms with Gasteiger partial charge in [-0.05, 0) is 148 Å². The van der Waals surface area contributed by atoms with Gasteiger partial charge < -0.3 is 14.2 Å². The first-order chi connectivity index (χ1) is 39.0. The lowest BCUT2D eigenvalue weighted by Gasteiger charge is -2.18. The van der Waals surface area contributed by atoms with Crippen LogP contribution in [0.3, 0.4) is 0 Å². The lowest BCUT2D eigenvalue weighted by Crippen LogP contribution is -2.30. The van der Waals surface area contributed by atoms with E-state index in [0.29, 0.717) is 19.3 Å². The zero-order chi connectivity index (χ0) is 57.1. The molecule has 0 aliphatic carbocycles. The van der Waals surface area contributed by atoms with Gasteiger partial charge in [0.2, 0.25) is 0 Å². The molecular weight excluding hydrogens is 973 g/mol. The van der Waals surface area contributed by atoms with Crippen LogP contribution in [0.4, 0.5) is 0 Å². The molecule has 0 saturated heterocycles. The SMILES string of the molecule is CC/C=C\C/C=C\C/C=C\C/C=C\C/C=C\C/C=C\C/C=C\C/C=C\C/C=C\C/C=C\CCCCCCC(=O)OCC(COC(=O)CCCCCCC/C=C\C/C=C\CCC)OC(=O)CCCCCCC/C=C\C/C=C\CCC. The van der Waals surface area contributed by atoms with Gasteiger partial charge in [-0.15, -0.1) is 0 Å². The first-order valence-electron chi connectivity index (χ1n) is 31.6.